The maximum Gasteiger partial charge on any atom is 0.0284 e. The third-order valence-corrected chi connectivity index (χ3v) is 3.95. The smallest absolute Gasteiger partial charge is 0.0284 e. The van der Waals surface area contributed by atoms with Gasteiger partial charge in [-0.05, 0) is 51.1 Å². The van der Waals surface area contributed by atoms with Crippen molar-refractivity contribution in [3.63, 3.8) is 0 Å². The van der Waals surface area contributed by atoms with E-state index < -0.39 is 0 Å². The third kappa shape index (κ3) is 2.71. The second-order valence-electron chi connectivity index (χ2n) is 5.34. The average molecular weight is 196 g/mol. The monoisotopic (exact) mass is 196 g/mol. The van der Waals surface area contributed by atoms with E-state index in [1.54, 1.807) is 0 Å². The summed E-state index contributed by atoms with van der Waals surface area (Å²) in [5.74, 6) is 0.980. The molecule has 82 valence electrons. The van der Waals surface area contributed by atoms with Crippen LogP contribution >= 0.6 is 0 Å². The lowest BCUT2D eigenvalue weighted by molar-refractivity contribution is 0.256. The SMILES string of the molecule is CCC1CCCN(CC2(N)CC2)CC1. The van der Waals surface area contributed by atoms with Gasteiger partial charge in [-0.3, -0.25) is 0 Å². The Morgan fingerprint density at radius 1 is 1.29 bits per heavy atom. The summed E-state index contributed by atoms with van der Waals surface area (Å²) in [5, 5.41) is 0. The summed E-state index contributed by atoms with van der Waals surface area (Å²) in [6.07, 6.45) is 8.08. The van der Waals surface area contributed by atoms with E-state index in [4.69, 9.17) is 5.73 Å². The van der Waals surface area contributed by atoms with Gasteiger partial charge in [-0.15, -0.1) is 0 Å². The zero-order chi connectivity index (χ0) is 10.0. The molecule has 0 aromatic rings. The molecule has 0 spiro atoms. The predicted octanol–water partition coefficient (Wildman–Crippen LogP) is 1.99. The summed E-state index contributed by atoms with van der Waals surface area (Å²) in [6.45, 7) is 6.06. The van der Waals surface area contributed by atoms with Crippen molar-refractivity contribution in [3.8, 4) is 0 Å². The van der Waals surface area contributed by atoms with Gasteiger partial charge in [0.25, 0.3) is 0 Å². The molecule has 1 unspecified atom stereocenters. The lowest BCUT2D eigenvalue weighted by atomic mass is 9.98. The van der Waals surface area contributed by atoms with E-state index in [9.17, 15) is 0 Å². The van der Waals surface area contributed by atoms with Crippen molar-refractivity contribution in [2.75, 3.05) is 19.6 Å². The van der Waals surface area contributed by atoms with Crippen molar-refractivity contribution in [3.05, 3.63) is 0 Å². The summed E-state index contributed by atoms with van der Waals surface area (Å²) in [4.78, 5) is 2.60. The molecule has 2 rings (SSSR count). The highest BCUT2D eigenvalue weighted by Crippen LogP contribution is 2.33. The zero-order valence-electron chi connectivity index (χ0n) is 9.47. The van der Waals surface area contributed by atoms with Crippen LogP contribution in [-0.2, 0) is 0 Å². The van der Waals surface area contributed by atoms with Crippen LogP contribution in [0.1, 0.15) is 45.4 Å². The molecule has 2 heteroatoms. The fourth-order valence-electron chi connectivity index (χ4n) is 2.56. The van der Waals surface area contributed by atoms with Crippen LogP contribution in [0.4, 0.5) is 0 Å². The first-order valence-electron chi connectivity index (χ1n) is 6.23. The molecule has 2 fully saturated rings. The third-order valence-electron chi connectivity index (χ3n) is 3.95. The molecule has 14 heavy (non-hydrogen) atoms. The molecule has 2 N–H and O–H groups in total. The van der Waals surface area contributed by atoms with Crippen LogP contribution in [0.2, 0.25) is 0 Å². The molecule has 2 aliphatic rings. The minimum atomic E-state index is 0.214. The van der Waals surface area contributed by atoms with Crippen LogP contribution in [0.5, 0.6) is 0 Å². The molecule has 1 aliphatic heterocycles. The van der Waals surface area contributed by atoms with Gasteiger partial charge in [-0.1, -0.05) is 13.3 Å². The Labute approximate surface area is 87.8 Å². The van der Waals surface area contributed by atoms with E-state index >= 15 is 0 Å². The maximum absolute atomic E-state index is 6.15. The Morgan fingerprint density at radius 3 is 2.71 bits per heavy atom. The van der Waals surface area contributed by atoms with Crippen molar-refractivity contribution in [2.24, 2.45) is 11.7 Å². The van der Waals surface area contributed by atoms with Crippen LogP contribution in [-0.4, -0.2) is 30.1 Å². The van der Waals surface area contributed by atoms with Crippen molar-refractivity contribution < 1.29 is 0 Å². The number of nitrogens with two attached hydrogens (primary N) is 1. The summed E-state index contributed by atoms with van der Waals surface area (Å²) >= 11 is 0. The molecule has 0 amide bonds. The normalized spacial score (nSPS) is 32.6. The van der Waals surface area contributed by atoms with Crippen LogP contribution in [0.15, 0.2) is 0 Å². The molecule has 0 aromatic carbocycles. The topological polar surface area (TPSA) is 29.3 Å². The van der Waals surface area contributed by atoms with Gasteiger partial charge < -0.3 is 10.6 Å². The highest BCUT2D eigenvalue weighted by atomic mass is 15.2. The minimum Gasteiger partial charge on any atom is -0.324 e. The summed E-state index contributed by atoms with van der Waals surface area (Å²) in [5.41, 5.74) is 6.37. The second kappa shape index (κ2) is 4.19. The Bertz CT molecular complexity index is 187. The summed E-state index contributed by atoms with van der Waals surface area (Å²) < 4.78 is 0. The van der Waals surface area contributed by atoms with E-state index in [0.29, 0.717) is 0 Å². The van der Waals surface area contributed by atoms with Crippen LogP contribution in [0, 0.1) is 5.92 Å². The van der Waals surface area contributed by atoms with E-state index in [2.05, 4.69) is 11.8 Å². The molecule has 1 heterocycles. The van der Waals surface area contributed by atoms with Crippen LogP contribution in [0.25, 0.3) is 0 Å². The van der Waals surface area contributed by atoms with E-state index in [1.807, 2.05) is 0 Å². The number of rotatable bonds is 3. The zero-order valence-corrected chi connectivity index (χ0v) is 9.47. The Kier molecular flexibility index (Phi) is 3.13. The van der Waals surface area contributed by atoms with Crippen molar-refractivity contribution in [1.82, 2.24) is 4.90 Å². The fraction of sp³-hybridized carbons (Fsp3) is 1.00. The van der Waals surface area contributed by atoms with Gasteiger partial charge in [0.1, 0.15) is 0 Å². The molecular weight excluding hydrogens is 172 g/mol. The first kappa shape index (κ1) is 10.4. The molecule has 0 radical (unpaired) electrons. The molecule has 1 aliphatic carbocycles. The fourth-order valence-corrected chi connectivity index (χ4v) is 2.56. The van der Waals surface area contributed by atoms with E-state index in [0.717, 1.165) is 12.5 Å². The lowest BCUT2D eigenvalue weighted by Gasteiger charge is -2.23. The molecule has 2 nitrogen and oxygen atoms in total. The van der Waals surface area contributed by atoms with Crippen LogP contribution < -0.4 is 5.73 Å². The molecule has 0 aromatic heterocycles. The first-order valence-corrected chi connectivity index (χ1v) is 6.23. The van der Waals surface area contributed by atoms with Gasteiger partial charge in [-0.25, -0.2) is 0 Å². The maximum atomic E-state index is 6.15. The van der Waals surface area contributed by atoms with Crippen molar-refractivity contribution >= 4 is 0 Å². The highest BCUT2D eigenvalue weighted by molar-refractivity contribution is 5.01. The van der Waals surface area contributed by atoms with Gasteiger partial charge in [0, 0.05) is 12.1 Å². The number of hydrogen-bond donors (Lipinski definition) is 1. The Balaban J connectivity index is 1.77. The Hall–Kier alpha value is -0.0800. The summed E-state index contributed by atoms with van der Waals surface area (Å²) in [6, 6.07) is 0. The molecule has 0 bridgehead atoms. The van der Waals surface area contributed by atoms with Gasteiger partial charge in [0.2, 0.25) is 0 Å². The van der Waals surface area contributed by atoms with Gasteiger partial charge in [0.15, 0.2) is 0 Å². The number of likely N-dealkylation sites (tertiary alicyclic amines) is 1. The molecular formula is C12H24N2. The van der Waals surface area contributed by atoms with Gasteiger partial charge >= 0.3 is 0 Å². The first-order chi connectivity index (χ1) is 6.72. The second-order valence-corrected chi connectivity index (χ2v) is 5.34. The molecule has 1 atom stereocenters. The Morgan fingerprint density at radius 2 is 2.07 bits per heavy atom. The van der Waals surface area contributed by atoms with Gasteiger partial charge in [0.05, 0.1) is 0 Å². The standard InChI is InChI=1S/C12H24N2/c1-2-11-4-3-8-14(9-5-11)10-12(13)6-7-12/h11H,2-10,13H2,1H3. The lowest BCUT2D eigenvalue weighted by Crippen LogP contribution is -2.39. The highest BCUT2D eigenvalue weighted by Gasteiger charge is 2.39. The minimum absolute atomic E-state index is 0.214. The van der Waals surface area contributed by atoms with Crippen molar-refractivity contribution in [2.45, 2.75) is 51.0 Å². The molecule has 1 saturated heterocycles. The van der Waals surface area contributed by atoms with E-state index in [1.165, 1.54) is 51.6 Å². The quantitative estimate of drug-likeness (QED) is 0.748. The number of nitrogens with zero attached hydrogens (tertiary/aromatic N) is 1. The largest absolute Gasteiger partial charge is 0.324 e. The number of hydrogen-bond acceptors (Lipinski definition) is 2. The van der Waals surface area contributed by atoms with Gasteiger partial charge in [-0.2, -0.15) is 0 Å². The molecule has 1 saturated carbocycles. The van der Waals surface area contributed by atoms with Crippen molar-refractivity contribution in [1.29, 1.82) is 0 Å². The van der Waals surface area contributed by atoms with E-state index in [-0.39, 0.29) is 5.54 Å². The summed E-state index contributed by atoms with van der Waals surface area (Å²) in [7, 11) is 0. The predicted molar refractivity (Wildman–Crippen MR) is 60.2 cm³/mol. The van der Waals surface area contributed by atoms with Crippen LogP contribution in [0.3, 0.4) is 0 Å². The average Bonchev–Trinajstić information content (AvgIpc) is 2.91.